The van der Waals surface area contributed by atoms with Gasteiger partial charge in [-0.1, -0.05) is 0 Å². The van der Waals surface area contributed by atoms with Crippen LogP contribution in [0.4, 0.5) is 16.2 Å². The molecule has 1 saturated heterocycles. The first-order valence-electron chi connectivity index (χ1n) is 4.93. The van der Waals surface area contributed by atoms with Gasteiger partial charge in [-0.2, -0.15) is 0 Å². The van der Waals surface area contributed by atoms with E-state index in [2.05, 4.69) is 5.32 Å². The number of hydrogen-bond donors (Lipinski definition) is 2. The van der Waals surface area contributed by atoms with Crippen LogP contribution in [0.25, 0.3) is 0 Å². The average Bonchev–Trinajstić information content (AvgIpc) is 2.41. The number of amides is 2. The summed E-state index contributed by atoms with van der Waals surface area (Å²) in [5, 5.41) is 2.91. The molecule has 80 valence electrons. The second kappa shape index (κ2) is 3.15. The molecule has 4 heteroatoms. The highest BCUT2D eigenvalue weighted by molar-refractivity contribution is 5.95. The summed E-state index contributed by atoms with van der Waals surface area (Å²) in [7, 11) is 0. The SMILES string of the molecule is CC1(C)CN(c2ccc(N)cc2)C(=O)N1. The Morgan fingerprint density at radius 3 is 2.40 bits per heavy atom. The van der Waals surface area contributed by atoms with Gasteiger partial charge in [0.1, 0.15) is 0 Å². The first-order chi connectivity index (χ1) is 6.98. The van der Waals surface area contributed by atoms with Crippen molar-refractivity contribution in [1.29, 1.82) is 0 Å². The predicted molar refractivity (Wildman–Crippen MR) is 60.8 cm³/mol. The number of rotatable bonds is 1. The van der Waals surface area contributed by atoms with E-state index >= 15 is 0 Å². The maximum Gasteiger partial charge on any atom is 0.322 e. The van der Waals surface area contributed by atoms with Gasteiger partial charge in [-0.25, -0.2) is 4.79 Å². The lowest BCUT2D eigenvalue weighted by molar-refractivity contribution is 0.249. The van der Waals surface area contributed by atoms with Gasteiger partial charge in [0.2, 0.25) is 0 Å². The van der Waals surface area contributed by atoms with E-state index in [4.69, 9.17) is 5.73 Å². The number of hydrogen-bond acceptors (Lipinski definition) is 2. The predicted octanol–water partition coefficient (Wildman–Crippen LogP) is 1.58. The molecule has 0 bridgehead atoms. The van der Waals surface area contributed by atoms with Gasteiger partial charge < -0.3 is 11.1 Å². The van der Waals surface area contributed by atoms with Gasteiger partial charge in [0, 0.05) is 11.4 Å². The summed E-state index contributed by atoms with van der Waals surface area (Å²) in [4.78, 5) is 13.4. The average molecular weight is 205 g/mol. The Labute approximate surface area is 89.1 Å². The number of benzene rings is 1. The molecule has 1 fully saturated rings. The van der Waals surface area contributed by atoms with Gasteiger partial charge in [0.05, 0.1) is 12.1 Å². The number of carbonyl (C=O) groups is 1. The van der Waals surface area contributed by atoms with Crippen molar-refractivity contribution in [3.8, 4) is 0 Å². The number of nitrogens with zero attached hydrogens (tertiary/aromatic N) is 1. The van der Waals surface area contributed by atoms with Gasteiger partial charge in [-0.05, 0) is 38.1 Å². The van der Waals surface area contributed by atoms with Crippen LogP contribution in [0.1, 0.15) is 13.8 Å². The van der Waals surface area contributed by atoms with E-state index in [1.54, 1.807) is 17.0 Å². The molecule has 0 unspecified atom stereocenters. The molecular formula is C11H15N3O. The highest BCUT2D eigenvalue weighted by Gasteiger charge is 2.35. The summed E-state index contributed by atoms with van der Waals surface area (Å²) in [5.74, 6) is 0. The van der Waals surface area contributed by atoms with Gasteiger partial charge in [0.15, 0.2) is 0 Å². The minimum atomic E-state index is -0.168. The van der Waals surface area contributed by atoms with Crippen molar-refractivity contribution in [1.82, 2.24) is 5.32 Å². The Morgan fingerprint density at radius 1 is 1.33 bits per heavy atom. The molecule has 4 nitrogen and oxygen atoms in total. The largest absolute Gasteiger partial charge is 0.399 e. The second-order valence-electron chi connectivity index (χ2n) is 4.49. The number of nitrogens with two attached hydrogens (primary N) is 1. The summed E-state index contributed by atoms with van der Waals surface area (Å²) in [6.07, 6.45) is 0. The maximum absolute atomic E-state index is 11.7. The molecule has 15 heavy (non-hydrogen) atoms. The number of urea groups is 1. The quantitative estimate of drug-likeness (QED) is 0.684. The summed E-state index contributed by atoms with van der Waals surface area (Å²) in [6.45, 7) is 4.68. The minimum absolute atomic E-state index is 0.0511. The van der Waals surface area contributed by atoms with E-state index in [9.17, 15) is 4.79 Å². The van der Waals surface area contributed by atoms with E-state index in [0.717, 1.165) is 5.69 Å². The highest BCUT2D eigenvalue weighted by atomic mass is 16.2. The Hall–Kier alpha value is -1.71. The summed E-state index contributed by atoms with van der Waals surface area (Å²) in [6, 6.07) is 7.26. The third-order valence-electron chi connectivity index (χ3n) is 2.45. The molecule has 1 heterocycles. The van der Waals surface area contributed by atoms with Gasteiger partial charge in [0.25, 0.3) is 0 Å². The molecule has 2 rings (SSSR count). The monoisotopic (exact) mass is 205 g/mol. The lowest BCUT2D eigenvalue weighted by atomic mass is 10.1. The first kappa shape index (κ1) is 9.83. The standard InChI is InChI=1S/C11H15N3O/c1-11(2)7-14(10(15)13-11)9-5-3-8(12)4-6-9/h3-6H,7,12H2,1-2H3,(H,13,15). The topological polar surface area (TPSA) is 58.4 Å². The molecule has 1 aromatic carbocycles. The van der Waals surface area contributed by atoms with Crippen LogP contribution in [-0.4, -0.2) is 18.1 Å². The van der Waals surface area contributed by atoms with Crippen molar-refractivity contribution in [2.24, 2.45) is 0 Å². The van der Waals surface area contributed by atoms with Crippen molar-refractivity contribution in [3.05, 3.63) is 24.3 Å². The van der Waals surface area contributed by atoms with Crippen LogP contribution in [-0.2, 0) is 0 Å². The fourth-order valence-electron chi connectivity index (χ4n) is 1.73. The third-order valence-corrected chi connectivity index (χ3v) is 2.45. The molecule has 0 spiro atoms. The number of nitrogens with one attached hydrogen (secondary N) is 1. The Balaban J connectivity index is 2.25. The molecule has 1 aliphatic rings. The van der Waals surface area contributed by atoms with E-state index < -0.39 is 0 Å². The Morgan fingerprint density at radius 2 is 1.93 bits per heavy atom. The third kappa shape index (κ3) is 1.88. The van der Waals surface area contributed by atoms with Crippen molar-refractivity contribution in [3.63, 3.8) is 0 Å². The second-order valence-corrected chi connectivity index (χ2v) is 4.49. The summed E-state index contributed by atoms with van der Waals surface area (Å²) < 4.78 is 0. The Bertz CT molecular complexity index is 383. The zero-order valence-electron chi connectivity index (χ0n) is 8.95. The zero-order chi connectivity index (χ0) is 11.1. The molecule has 0 saturated carbocycles. The molecule has 0 atom stereocenters. The number of anilines is 2. The lowest BCUT2D eigenvalue weighted by Crippen LogP contribution is -2.36. The van der Waals surface area contributed by atoms with Crippen molar-refractivity contribution < 1.29 is 4.79 Å². The molecule has 0 radical (unpaired) electrons. The Kier molecular flexibility index (Phi) is 2.07. The molecule has 1 aliphatic heterocycles. The number of carbonyl (C=O) groups excluding carboxylic acids is 1. The molecule has 2 amide bonds. The van der Waals surface area contributed by atoms with E-state index in [1.807, 2.05) is 26.0 Å². The van der Waals surface area contributed by atoms with Crippen molar-refractivity contribution in [2.75, 3.05) is 17.2 Å². The van der Waals surface area contributed by atoms with Crippen molar-refractivity contribution in [2.45, 2.75) is 19.4 Å². The van der Waals surface area contributed by atoms with Gasteiger partial charge in [-0.3, -0.25) is 4.90 Å². The van der Waals surface area contributed by atoms with E-state index in [0.29, 0.717) is 12.2 Å². The fourth-order valence-corrected chi connectivity index (χ4v) is 1.73. The van der Waals surface area contributed by atoms with Crippen LogP contribution in [0.15, 0.2) is 24.3 Å². The summed E-state index contributed by atoms with van der Waals surface area (Å²) >= 11 is 0. The van der Waals surface area contributed by atoms with Crippen molar-refractivity contribution >= 4 is 17.4 Å². The van der Waals surface area contributed by atoms with Crippen LogP contribution in [0.2, 0.25) is 0 Å². The zero-order valence-corrected chi connectivity index (χ0v) is 8.95. The molecule has 0 aliphatic carbocycles. The molecule has 3 N–H and O–H groups in total. The smallest absolute Gasteiger partial charge is 0.322 e. The van der Waals surface area contributed by atoms with E-state index in [-0.39, 0.29) is 11.6 Å². The first-order valence-corrected chi connectivity index (χ1v) is 4.93. The molecular weight excluding hydrogens is 190 g/mol. The van der Waals surface area contributed by atoms with Crippen LogP contribution >= 0.6 is 0 Å². The molecule has 1 aromatic rings. The highest BCUT2D eigenvalue weighted by Crippen LogP contribution is 2.23. The molecule has 0 aromatic heterocycles. The lowest BCUT2D eigenvalue weighted by Gasteiger charge is -2.17. The maximum atomic E-state index is 11.7. The van der Waals surface area contributed by atoms with Crippen LogP contribution in [0, 0.1) is 0 Å². The van der Waals surface area contributed by atoms with E-state index in [1.165, 1.54) is 0 Å². The minimum Gasteiger partial charge on any atom is -0.399 e. The summed E-state index contributed by atoms with van der Waals surface area (Å²) in [5.41, 5.74) is 7.01. The number of nitrogen functional groups attached to an aromatic ring is 1. The van der Waals surface area contributed by atoms with Gasteiger partial charge >= 0.3 is 6.03 Å². The normalized spacial score (nSPS) is 19.1. The van der Waals surface area contributed by atoms with Gasteiger partial charge in [-0.15, -0.1) is 0 Å². The van der Waals surface area contributed by atoms with Crippen LogP contribution in [0.5, 0.6) is 0 Å². The fraction of sp³-hybridized carbons (Fsp3) is 0.364. The van der Waals surface area contributed by atoms with Crippen LogP contribution < -0.4 is 16.0 Å². The van der Waals surface area contributed by atoms with Crippen LogP contribution in [0.3, 0.4) is 0 Å².